The number of aliphatic carboxylic acids is 2. The molecule has 3 amide bonds. The van der Waals surface area contributed by atoms with E-state index in [1.807, 2.05) is 0 Å². The molecule has 0 aromatic heterocycles. The lowest BCUT2D eigenvalue weighted by atomic mass is 10.1. The molecular weight excluding hydrogens is 450 g/mol. The van der Waals surface area contributed by atoms with Gasteiger partial charge < -0.3 is 32.3 Å². The lowest BCUT2D eigenvalue weighted by Gasteiger charge is -2.18. The number of nitrogens with one attached hydrogen (secondary N) is 2. The van der Waals surface area contributed by atoms with Crippen LogP contribution in [-0.4, -0.2) is 69.2 Å². The molecule has 0 fully saturated rings. The maximum atomic E-state index is 12.3. The Morgan fingerprint density at radius 3 is 2.38 bits per heavy atom. The van der Waals surface area contributed by atoms with E-state index < -0.39 is 58.9 Å². The van der Waals surface area contributed by atoms with E-state index in [2.05, 4.69) is 10.6 Å². The van der Waals surface area contributed by atoms with Gasteiger partial charge in [0.1, 0.15) is 18.6 Å². The molecule has 1 unspecified atom stereocenters. The van der Waals surface area contributed by atoms with Crippen molar-refractivity contribution < 1.29 is 39.1 Å². The molecule has 0 radical (unpaired) electrons. The molecule has 0 saturated carbocycles. The smallest absolute Gasteiger partial charge is 0.322 e. The minimum Gasteiger partial charge on any atom is -0.480 e. The predicted octanol–water partition coefficient (Wildman–Crippen LogP) is -1.34. The van der Waals surface area contributed by atoms with Crippen LogP contribution in [0.25, 0.3) is 0 Å². The molecule has 0 spiro atoms. The van der Waals surface area contributed by atoms with Crippen LogP contribution in [0, 0.1) is 10.1 Å². The van der Waals surface area contributed by atoms with Crippen molar-refractivity contribution in [1.82, 2.24) is 10.6 Å². The van der Waals surface area contributed by atoms with Crippen LogP contribution < -0.4 is 22.1 Å². The molecular formula is C17H21N5O9S. The molecule has 14 nitrogen and oxygen atoms in total. The Labute approximate surface area is 184 Å². The molecule has 0 saturated heterocycles. The van der Waals surface area contributed by atoms with Gasteiger partial charge in [-0.15, -0.1) is 11.8 Å². The number of hydrogen-bond acceptors (Lipinski definition) is 9. The van der Waals surface area contributed by atoms with Crippen molar-refractivity contribution in [2.24, 2.45) is 11.5 Å². The van der Waals surface area contributed by atoms with Gasteiger partial charge in [-0.2, -0.15) is 0 Å². The molecule has 15 heteroatoms. The van der Waals surface area contributed by atoms with Gasteiger partial charge in [-0.25, -0.2) is 0 Å². The maximum absolute atomic E-state index is 12.3. The average molecular weight is 471 g/mol. The summed E-state index contributed by atoms with van der Waals surface area (Å²) in [6.07, 6.45) is -0.536. The molecule has 0 aliphatic heterocycles. The summed E-state index contributed by atoms with van der Waals surface area (Å²) in [6.45, 7) is -0.729. The lowest BCUT2D eigenvalue weighted by Crippen LogP contribution is -2.49. The lowest BCUT2D eigenvalue weighted by molar-refractivity contribution is -0.387. The summed E-state index contributed by atoms with van der Waals surface area (Å²) in [5, 5.41) is 33.2. The van der Waals surface area contributed by atoms with Gasteiger partial charge in [-0.1, -0.05) is 0 Å². The molecule has 0 heterocycles. The van der Waals surface area contributed by atoms with E-state index in [-0.39, 0.29) is 29.1 Å². The number of benzene rings is 1. The largest absolute Gasteiger partial charge is 0.480 e. The highest BCUT2D eigenvalue weighted by molar-refractivity contribution is 7.99. The normalized spacial score (nSPS) is 12.3. The molecule has 174 valence electrons. The average Bonchev–Trinajstić information content (AvgIpc) is 2.72. The second-order valence-corrected chi connectivity index (χ2v) is 7.39. The van der Waals surface area contributed by atoms with E-state index in [1.54, 1.807) is 0 Å². The third kappa shape index (κ3) is 8.57. The van der Waals surface area contributed by atoms with Gasteiger partial charge in [0.2, 0.25) is 17.7 Å². The van der Waals surface area contributed by atoms with Gasteiger partial charge in [0.05, 0.1) is 9.82 Å². The number of carboxylic acid groups (broad SMARTS) is 2. The SMILES string of the molecule is NC(=O)c1ccc(SCC(NC(=O)CC[C@H](N)C(=O)O)C(=O)NCC(=O)O)c([N+](=O)[O-])c1. The van der Waals surface area contributed by atoms with Gasteiger partial charge in [0.25, 0.3) is 5.69 Å². The molecule has 32 heavy (non-hydrogen) atoms. The topological polar surface area (TPSA) is 245 Å². The summed E-state index contributed by atoms with van der Waals surface area (Å²) in [6, 6.07) is 0.881. The number of thioether (sulfide) groups is 1. The zero-order valence-corrected chi connectivity index (χ0v) is 17.3. The number of nitro benzene ring substituents is 1. The number of nitrogens with two attached hydrogens (primary N) is 2. The number of nitro groups is 1. The van der Waals surface area contributed by atoms with Crippen molar-refractivity contribution in [3.05, 3.63) is 33.9 Å². The predicted molar refractivity (Wildman–Crippen MR) is 110 cm³/mol. The van der Waals surface area contributed by atoms with Crippen LogP contribution in [0.1, 0.15) is 23.2 Å². The summed E-state index contributed by atoms with van der Waals surface area (Å²) in [5.74, 6) is -5.35. The van der Waals surface area contributed by atoms with E-state index >= 15 is 0 Å². The standard InChI is InChI=1S/C17H21N5O9S/c18-9(17(28)29)2-4-13(23)21-10(16(27)20-6-14(24)25)7-32-12-3-1-8(15(19)26)5-11(12)22(30)31/h1,3,5,9-10H,2,4,6-7,18H2,(H2,19,26)(H,20,27)(H,21,23)(H,24,25)(H,28,29)/t9-,10?/m0/s1. The monoisotopic (exact) mass is 471 g/mol. The minimum atomic E-state index is -1.33. The van der Waals surface area contributed by atoms with Crippen LogP contribution in [0.15, 0.2) is 23.1 Å². The van der Waals surface area contributed by atoms with Crippen LogP contribution in [0.5, 0.6) is 0 Å². The molecule has 2 atom stereocenters. The molecule has 8 N–H and O–H groups in total. The van der Waals surface area contributed by atoms with Crippen molar-refractivity contribution >= 4 is 47.1 Å². The first-order valence-corrected chi connectivity index (χ1v) is 9.89. The first-order valence-electron chi connectivity index (χ1n) is 8.90. The Balaban J connectivity index is 2.96. The summed E-state index contributed by atoms with van der Waals surface area (Å²) >= 11 is 0.802. The zero-order chi connectivity index (χ0) is 24.4. The van der Waals surface area contributed by atoms with Crippen LogP contribution in [0.3, 0.4) is 0 Å². The zero-order valence-electron chi connectivity index (χ0n) is 16.5. The number of nitrogens with zero attached hydrogens (tertiary/aromatic N) is 1. The van der Waals surface area contributed by atoms with E-state index in [4.69, 9.17) is 21.7 Å². The second kappa shape index (κ2) is 12.2. The Kier molecular flexibility index (Phi) is 10.0. The van der Waals surface area contributed by atoms with E-state index in [0.29, 0.717) is 0 Å². The Morgan fingerprint density at radius 1 is 1.19 bits per heavy atom. The van der Waals surface area contributed by atoms with Gasteiger partial charge in [0.15, 0.2) is 0 Å². The van der Waals surface area contributed by atoms with Gasteiger partial charge >= 0.3 is 11.9 Å². The maximum Gasteiger partial charge on any atom is 0.322 e. The number of amides is 3. The summed E-state index contributed by atoms with van der Waals surface area (Å²) in [7, 11) is 0. The summed E-state index contributed by atoms with van der Waals surface area (Å²) < 4.78 is 0. The van der Waals surface area contributed by atoms with Crippen molar-refractivity contribution in [2.45, 2.75) is 29.8 Å². The van der Waals surface area contributed by atoms with Gasteiger partial charge in [-0.05, 0) is 18.6 Å². The quantitative estimate of drug-likeness (QED) is 0.112. The number of carbonyl (C=O) groups is 5. The third-order valence-corrected chi connectivity index (χ3v) is 5.07. The number of primary amides is 1. The van der Waals surface area contributed by atoms with Crippen molar-refractivity contribution in [1.29, 1.82) is 0 Å². The molecule has 0 aliphatic carbocycles. The second-order valence-electron chi connectivity index (χ2n) is 6.33. The molecule has 1 rings (SSSR count). The Bertz CT molecular complexity index is 924. The Morgan fingerprint density at radius 2 is 1.84 bits per heavy atom. The van der Waals surface area contributed by atoms with Crippen LogP contribution >= 0.6 is 11.8 Å². The van der Waals surface area contributed by atoms with Crippen LogP contribution in [0.2, 0.25) is 0 Å². The van der Waals surface area contributed by atoms with Gasteiger partial charge in [0, 0.05) is 23.8 Å². The van der Waals surface area contributed by atoms with Gasteiger partial charge in [-0.3, -0.25) is 34.1 Å². The van der Waals surface area contributed by atoms with Crippen molar-refractivity contribution in [3.63, 3.8) is 0 Å². The fourth-order valence-corrected chi connectivity index (χ4v) is 3.28. The van der Waals surface area contributed by atoms with Crippen LogP contribution in [-0.2, 0) is 19.2 Å². The number of hydrogen-bond donors (Lipinski definition) is 6. The molecule has 1 aromatic rings. The molecule has 1 aromatic carbocycles. The number of carboxylic acids is 2. The van der Waals surface area contributed by atoms with E-state index in [0.717, 1.165) is 17.8 Å². The highest BCUT2D eigenvalue weighted by atomic mass is 32.2. The fraction of sp³-hybridized carbons (Fsp3) is 0.353. The van der Waals surface area contributed by atoms with Crippen molar-refractivity contribution in [2.75, 3.05) is 12.3 Å². The van der Waals surface area contributed by atoms with Crippen LogP contribution in [0.4, 0.5) is 5.69 Å². The fourth-order valence-electron chi connectivity index (χ4n) is 2.25. The highest BCUT2D eigenvalue weighted by Crippen LogP contribution is 2.30. The first kappa shape index (κ1) is 26.3. The minimum absolute atomic E-state index is 0.0678. The molecule has 0 bridgehead atoms. The number of carbonyl (C=O) groups excluding carboxylic acids is 3. The van der Waals surface area contributed by atoms with Crippen molar-refractivity contribution in [3.8, 4) is 0 Å². The van der Waals surface area contributed by atoms with E-state index in [1.165, 1.54) is 12.1 Å². The summed E-state index contributed by atoms with van der Waals surface area (Å²) in [4.78, 5) is 67.7. The highest BCUT2D eigenvalue weighted by Gasteiger charge is 2.25. The number of rotatable bonds is 13. The Hall–Kier alpha value is -3.72. The summed E-state index contributed by atoms with van der Waals surface area (Å²) in [5.41, 5.74) is 9.89. The first-order chi connectivity index (χ1) is 14.9. The van der Waals surface area contributed by atoms with E-state index in [9.17, 15) is 34.1 Å². The third-order valence-electron chi connectivity index (χ3n) is 3.91. The molecule has 0 aliphatic rings.